The highest BCUT2D eigenvalue weighted by Crippen LogP contribution is 2.21. The summed E-state index contributed by atoms with van der Waals surface area (Å²) in [7, 11) is 1.69. The number of halogens is 1. The Morgan fingerprint density at radius 2 is 2.00 bits per heavy atom. The Kier molecular flexibility index (Phi) is 3.68. The van der Waals surface area contributed by atoms with Gasteiger partial charge in [0.25, 0.3) is 0 Å². The summed E-state index contributed by atoms with van der Waals surface area (Å²) >= 11 is 3.33. The van der Waals surface area contributed by atoms with Crippen molar-refractivity contribution in [2.24, 2.45) is 5.41 Å². The van der Waals surface area contributed by atoms with Gasteiger partial charge in [-0.15, -0.1) is 0 Å². The molecule has 88 valence electrons. The largest absolute Gasteiger partial charge is 0.283 e. The standard InChI is InChI=1S/C11H16BrN3O/c1-7-8(12)6-13-10(14-7)15(5)9(16)11(2,3)4/h6H,1-5H3. The van der Waals surface area contributed by atoms with Crippen LogP contribution in [-0.2, 0) is 4.79 Å². The van der Waals surface area contributed by atoms with Crippen molar-refractivity contribution in [1.29, 1.82) is 0 Å². The highest BCUT2D eigenvalue weighted by atomic mass is 79.9. The molecule has 0 N–H and O–H groups in total. The van der Waals surface area contributed by atoms with Gasteiger partial charge >= 0.3 is 0 Å². The molecule has 0 aliphatic carbocycles. The second-order valence-corrected chi connectivity index (χ2v) is 5.57. The summed E-state index contributed by atoms with van der Waals surface area (Å²) in [5.74, 6) is 0.426. The van der Waals surface area contributed by atoms with Crippen LogP contribution in [0.2, 0.25) is 0 Å². The molecule has 0 bridgehead atoms. The first-order valence-electron chi connectivity index (χ1n) is 5.01. The number of aromatic nitrogens is 2. The summed E-state index contributed by atoms with van der Waals surface area (Å²) in [4.78, 5) is 21.9. The molecule has 5 heteroatoms. The summed E-state index contributed by atoms with van der Waals surface area (Å²) < 4.78 is 0.841. The molecular formula is C11H16BrN3O. The molecule has 1 heterocycles. The molecule has 1 aromatic heterocycles. The van der Waals surface area contributed by atoms with Crippen LogP contribution in [0.15, 0.2) is 10.7 Å². The summed E-state index contributed by atoms with van der Waals surface area (Å²) in [5, 5.41) is 0. The van der Waals surface area contributed by atoms with Crippen molar-refractivity contribution < 1.29 is 4.79 Å². The molecule has 0 fully saturated rings. The van der Waals surface area contributed by atoms with E-state index in [2.05, 4.69) is 25.9 Å². The van der Waals surface area contributed by atoms with Crippen LogP contribution < -0.4 is 4.90 Å². The van der Waals surface area contributed by atoms with Crippen LogP contribution in [0.5, 0.6) is 0 Å². The van der Waals surface area contributed by atoms with E-state index in [0.717, 1.165) is 10.2 Å². The zero-order valence-corrected chi connectivity index (χ0v) is 11.8. The fourth-order valence-corrected chi connectivity index (χ4v) is 1.39. The first-order valence-corrected chi connectivity index (χ1v) is 5.80. The summed E-state index contributed by atoms with van der Waals surface area (Å²) in [5.41, 5.74) is 0.387. The molecule has 0 radical (unpaired) electrons. The molecule has 0 saturated carbocycles. The van der Waals surface area contributed by atoms with E-state index in [0.29, 0.717) is 5.95 Å². The van der Waals surface area contributed by atoms with E-state index in [1.807, 2.05) is 27.7 Å². The van der Waals surface area contributed by atoms with Gasteiger partial charge in [-0.25, -0.2) is 9.97 Å². The average molecular weight is 286 g/mol. The Morgan fingerprint density at radius 1 is 1.44 bits per heavy atom. The fourth-order valence-electron chi connectivity index (χ4n) is 1.20. The van der Waals surface area contributed by atoms with Crippen molar-refractivity contribution >= 4 is 27.8 Å². The molecule has 0 aliphatic rings. The minimum atomic E-state index is -0.431. The monoisotopic (exact) mass is 285 g/mol. The van der Waals surface area contributed by atoms with Gasteiger partial charge in [0, 0.05) is 18.7 Å². The predicted molar refractivity (Wildman–Crippen MR) is 67.3 cm³/mol. The second kappa shape index (κ2) is 4.49. The van der Waals surface area contributed by atoms with Gasteiger partial charge in [-0.05, 0) is 22.9 Å². The molecule has 1 aromatic rings. The van der Waals surface area contributed by atoms with E-state index in [4.69, 9.17) is 0 Å². The van der Waals surface area contributed by atoms with E-state index < -0.39 is 5.41 Å². The number of carbonyl (C=O) groups excluding carboxylic acids is 1. The molecule has 0 spiro atoms. The zero-order chi connectivity index (χ0) is 12.5. The minimum Gasteiger partial charge on any atom is -0.283 e. The quantitative estimate of drug-likeness (QED) is 0.797. The number of hydrogen-bond donors (Lipinski definition) is 0. The number of rotatable bonds is 1. The van der Waals surface area contributed by atoms with E-state index in [-0.39, 0.29) is 5.91 Å². The van der Waals surface area contributed by atoms with Gasteiger partial charge in [-0.1, -0.05) is 20.8 Å². The third-order valence-electron chi connectivity index (χ3n) is 2.15. The molecule has 0 saturated heterocycles. The fraction of sp³-hybridized carbons (Fsp3) is 0.545. The zero-order valence-electron chi connectivity index (χ0n) is 10.2. The number of hydrogen-bond acceptors (Lipinski definition) is 3. The Labute approximate surface area is 104 Å². The van der Waals surface area contributed by atoms with Crippen LogP contribution in [0.25, 0.3) is 0 Å². The number of aryl methyl sites for hydroxylation is 1. The Bertz CT molecular complexity index is 412. The van der Waals surface area contributed by atoms with Crippen LogP contribution in [-0.4, -0.2) is 22.9 Å². The lowest BCUT2D eigenvalue weighted by atomic mass is 9.95. The maximum atomic E-state index is 12.0. The first-order chi connectivity index (χ1) is 7.23. The SMILES string of the molecule is Cc1nc(N(C)C(=O)C(C)(C)C)ncc1Br. The number of carbonyl (C=O) groups is 1. The number of amides is 1. The molecule has 16 heavy (non-hydrogen) atoms. The third kappa shape index (κ3) is 2.78. The summed E-state index contributed by atoms with van der Waals surface area (Å²) in [6, 6.07) is 0. The van der Waals surface area contributed by atoms with Crippen molar-refractivity contribution in [2.45, 2.75) is 27.7 Å². The highest BCUT2D eigenvalue weighted by Gasteiger charge is 2.27. The summed E-state index contributed by atoms with van der Waals surface area (Å²) in [6.45, 7) is 7.48. The van der Waals surface area contributed by atoms with Gasteiger partial charge in [0.2, 0.25) is 11.9 Å². The van der Waals surface area contributed by atoms with Crippen LogP contribution in [0.1, 0.15) is 26.5 Å². The lowest BCUT2D eigenvalue weighted by Crippen LogP contribution is -2.37. The molecule has 0 atom stereocenters. The van der Waals surface area contributed by atoms with Gasteiger partial charge in [0.15, 0.2) is 0 Å². The lowest BCUT2D eigenvalue weighted by Gasteiger charge is -2.24. The van der Waals surface area contributed by atoms with Crippen LogP contribution >= 0.6 is 15.9 Å². The van der Waals surface area contributed by atoms with Crippen molar-refractivity contribution in [3.63, 3.8) is 0 Å². The third-order valence-corrected chi connectivity index (χ3v) is 2.93. The van der Waals surface area contributed by atoms with E-state index in [1.165, 1.54) is 4.90 Å². The van der Waals surface area contributed by atoms with E-state index >= 15 is 0 Å². The van der Waals surface area contributed by atoms with Crippen molar-refractivity contribution in [1.82, 2.24) is 9.97 Å². The maximum Gasteiger partial charge on any atom is 0.234 e. The normalized spacial score (nSPS) is 11.4. The molecule has 4 nitrogen and oxygen atoms in total. The van der Waals surface area contributed by atoms with Crippen LogP contribution in [0, 0.1) is 12.3 Å². The topological polar surface area (TPSA) is 46.1 Å². The Hall–Kier alpha value is -0.970. The number of anilines is 1. The van der Waals surface area contributed by atoms with E-state index in [1.54, 1.807) is 13.2 Å². The summed E-state index contributed by atoms with van der Waals surface area (Å²) in [6.07, 6.45) is 1.66. The Morgan fingerprint density at radius 3 is 2.44 bits per heavy atom. The van der Waals surface area contributed by atoms with Gasteiger partial charge in [-0.2, -0.15) is 0 Å². The molecule has 0 aliphatic heterocycles. The maximum absolute atomic E-state index is 12.0. The smallest absolute Gasteiger partial charge is 0.234 e. The lowest BCUT2D eigenvalue weighted by molar-refractivity contribution is -0.125. The molecule has 0 aromatic carbocycles. The van der Waals surface area contributed by atoms with E-state index in [9.17, 15) is 4.79 Å². The highest BCUT2D eigenvalue weighted by molar-refractivity contribution is 9.10. The van der Waals surface area contributed by atoms with Crippen molar-refractivity contribution in [3.05, 3.63) is 16.4 Å². The van der Waals surface area contributed by atoms with Crippen LogP contribution in [0.3, 0.4) is 0 Å². The van der Waals surface area contributed by atoms with Gasteiger partial charge < -0.3 is 0 Å². The van der Waals surface area contributed by atoms with Gasteiger partial charge in [-0.3, -0.25) is 9.69 Å². The van der Waals surface area contributed by atoms with Crippen LogP contribution in [0.4, 0.5) is 5.95 Å². The van der Waals surface area contributed by atoms with Gasteiger partial charge in [0.1, 0.15) is 0 Å². The first kappa shape index (κ1) is 13.1. The predicted octanol–water partition coefficient (Wildman–Crippen LogP) is 2.56. The molecule has 1 amide bonds. The number of nitrogens with zero attached hydrogens (tertiary/aromatic N) is 3. The van der Waals surface area contributed by atoms with Crippen molar-refractivity contribution in [3.8, 4) is 0 Å². The van der Waals surface area contributed by atoms with Crippen molar-refractivity contribution in [2.75, 3.05) is 11.9 Å². The van der Waals surface area contributed by atoms with Gasteiger partial charge in [0.05, 0.1) is 10.2 Å². The Balaban J connectivity index is 3.01. The molecule has 0 unspecified atom stereocenters. The molecular weight excluding hydrogens is 270 g/mol. The molecule has 1 rings (SSSR count). The second-order valence-electron chi connectivity index (χ2n) is 4.72. The minimum absolute atomic E-state index is 0.00535. The average Bonchev–Trinajstić information content (AvgIpc) is 2.18.